The number of rotatable bonds is 3. The minimum absolute atomic E-state index is 0.105. The Hall–Kier alpha value is -3.19. The van der Waals surface area contributed by atoms with E-state index >= 15 is 0 Å². The highest BCUT2D eigenvalue weighted by atomic mass is 35.5. The number of alkyl halides is 3. The number of aromatic nitrogens is 3. The standard InChI is InChI=1S/C22H15ClF3N3O/c1-2-18-28-20-19(21(30)29(18)15-10-8-14(23)9-11-15)16(22(24,25)26)12-17(27-20)13-6-4-3-5-7-13/h3-12H,2H2,1H3. The van der Waals surface area contributed by atoms with Crippen LogP contribution in [0.4, 0.5) is 13.2 Å². The molecule has 4 aromatic rings. The Morgan fingerprint density at radius 3 is 2.27 bits per heavy atom. The van der Waals surface area contributed by atoms with Crippen LogP contribution in [-0.2, 0) is 12.6 Å². The minimum Gasteiger partial charge on any atom is -0.268 e. The average molecular weight is 430 g/mol. The van der Waals surface area contributed by atoms with Gasteiger partial charge in [-0.1, -0.05) is 48.9 Å². The first kappa shape index (κ1) is 20.1. The second-order valence-corrected chi connectivity index (χ2v) is 7.05. The van der Waals surface area contributed by atoms with E-state index in [4.69, 9.17) is 11.6 Å². The van der Waals surface area contributed by atoms with Gasteiger partial charge in [0.25, 0.3) is 5.56 Å². The smallest absolute Gasteiger partial charge is 0.268 e. The van der Waals surface area contributed by atoms with Crippen molar-refractivity contribution in [1.29, 1.82) is 0 Å². The van der Waals surface area contributed by atoms with Crippen LogP contribution in [0, 0.1) is 0 Å². The molecule has 8 heteroatoms. The number of halogens is 4. The highest BCUT2D eigenvalue weighted by Gasteiger charge is 2.36. The van der Waals surface area contributed by atoms with Gasteiger partial charge in [0.15, 0.2) is 5.65 Å². The lowest BCUT2D eigenvalue weighted by atomic mass is 10.1. The number of nitrogens with zero attached hydrogens (tertiary/aromatic N) is 3. The lowest BCUT2D eigenvalue weighted by Crippen LogP contribution is -2.26. The van der Waals surface area contributed by atoms with E-state index in [0.717, 1.165) is 6.07 Å². The van der Waals surface area contributed by atoms with Gasteiger partial charge < -0.3 is 0 Å². The van der Waals surface area contributed by atoms with Crippen LogP contribution in [-0.4, -0.2) is 14.5 Å². The molecule has 2 aromatic carbocycles. The third-order valence-corrected chi connectivity index (χ3v) is 4.94. The SMILES string of the molecule is CCc1nc2nc(-c3ccccc3)cc(C(F)(F)F)c2c(=O)n1-c1ccc(Cl)cc1. The molecule has 0 spiro atoms. The first-order valence-electron chi connectivity index (χ1n) is 9.15. The van der Waals surface area contributed by atoms with Crippen LogP contribution in [0.25, 0.3) is 28.0 Å². The van der Waals surface area contributed by atoms with Crippen molar-refractivity contribution >= 4 is 22.6 Å². The molecular weight excluding hydrogens is 415 g/mol. The van der Waals surface area contributed by atoms with Crippen molar-refractivity contribution in [2.75, 3.05) is 0 Å². The number of pyridine rings is 1. The zero-order chi connectivity index (χ0) is 21.5. The fourth-order valence-corrected chi connectivity index (χ4v) is 3.42. The van der Waals surface area contributed by atoms with Gasteiger partial charge in [-0.3, -0.25) is 9.36 Å². The van der Waals surface area contributed by atoms with Gasteiger partial charge in [0.1, 0.15) is 5.82 Å². The summed E-state index contributed by atoms with van der Waals surface area (Å²) in [5.74, 6) is 0.306. The summed E-state index contributed by atoms with van der Waals surface area (Å²) in [7, 11) is 0. The zero-order valence-corrected chi connectivity index (χ0v) is 16.5. The van der Waals surface area contributed by atoms with Crippen LogP contribution < -0.4 is 5.56 Å². The highest BCUT2D eigenvalue weighted by Crippen LogP contribution is 2.35. The number of benzene rings is 2. The Bertz CT molecular complexity index is 1280. The fourth-order valence-electron chi connectivity index (χ4n) is 3.30. The summed E-state index contributed by atoms with van der Waals surface area (Å²) in [5.41, 5.74) is -1.11. The van der Waals surface area contributed by atoms with Gasteiger partial charge in [0.2, 0.25) is 0 Å². The van der Waals surface area contributed by atoms with E-state index in [-0.39, 0.29) is 11.3 Å². The minimum atomic E-state index is -4.75. The highest BCUT2D eigenvalue weighted by molar-refractivity contribution is 6.30. The lowest BCUT2D eigenvalue weighted by molar-refractivity contribution is -0.136. The zero-order valence-electron chi connectivity index (χ0n) is 15.7. The van der Waals surface area contributed by atoms with Crippen molar-refractivity contribution in [2.24, 2.45) is 0 Å². The molecule has 0 fully saturated rings. The van der Waals surface area contributed by atoms with Crippen LogP contribution >= 0.6 is 11.6 Å². The van der Waals surface area contributed by atoms with Crippen LogP contribution in [0.2, 0.25) is 5.02 Å². The molecule has 0 bridgehead atoms. The van der Waals surface area contributed by atoms with E-state index in [1.165, 1.54) is 4.57 Å². The fraction of sp³-hybridized carbons (Fsp3) is 0.136. The largest absolute Gasteiger partial charge is 0.417 e. The van der Waals surface area contributed by atoms with Gasteiger partial charge in [-0.15, -0.1) is 0 Å². The first-order valence-corrected chi connectivity index (χ1v) is 9.52. The molecule has 2 aromatic heterocycles. The first-order chi connectivity index (χ1) is 14.3. The summed E-state index contributed by atoms with van der Waals surface area (Å²) >= 11 is 5.91. The maximum Gasteiger partial charge on any atom is 0.417 e. The molecule has 4 rings (SSSR count). The molecular formula is C22H15ClF3N3O. The number of fused-ring (bicyclic) bond motifs is 1. The lowest BCUT2D eigenvalue weighted by Gasteiger charge is -2.16. The van der Waals surface area contributed by atoms with Crippen molar-refractivity contribution in [3.8, 4) is 16.9 Å². The summed E-state index contributed by atoms with van der Waals surface area (Å²) < 4.78 is 43.0. The second-order valence-electron chi connectivity index (χ2n) is 6.62. The van der Waals surface area contributed by atoms with Gasteiger partial charge in [0, 0.05) is 17.0 Å². The summed E-state index contributed by atoms with van der Waals surface area (Å²) in [6.45, 7) is 1.77. The number of aryl methyl sites for hydroxylation is 1. The van der Waals surface area contributed by atoms with Crippen LogP contribution in [0.3, 0.4) is 0 Å². The van der Waals surface area contributed by atoms with Crippen molar-refractivity contribution < 1.29 is 13.2 Å². The molecule has 0 unspecified atom stereocenters. The molecule has 2 heterocycles. The number of hydrogen-bond acceptors (Lipinski definition) is 3. The van der Waals surface area contributed by atoms with E-state index in [0.29, 0.717) is 28.5 Å². The Labute approximate surface area is 174 Å². The average Bonchev–Trinajstić information content (AvgIpc) is 2.73. The van der Waals surface area contributed by atoms with Gasteiger partial charge in [-0.25, -0.2) is 9.97 Å². The quantitative estimate of drug-likeness (QED) is 0.421. The monoisotopic (exact) mass is 429 g/mol. The molecule has 0 aliphatic carbocycles. The Morgan fingerprint density at radius 2 is 1.67 bits per heavy atom. The summed E-state index contributed by atoms with van der Waals surface area (Å²) in [4.78, 5) is 21.9. The van der Waals surface area contributed by atoms with Crippen LogP contribution in [0.5, 0.6) is 0 Å². The predicted molar refractivity (Wildman–Crippen MR) is 110 cm³/mol. The molecule has 0 N–H and O–H groups in total. The van der Waals surface area contributed by atoms with Crippen LogP contribution in [0.15, 0.2) is 65.5 Å². The third-order valence-electron chi connectivity index (χ3n) is 4.69. The van der Waals surface area contributed by atoms with Crippen molar-refractivity contribution in [3.63, 3.8) is 0 Å². The van der Waals surface area contributed by atoms with Crippen molar-refractivity contribution in [2.45, 2.75) is 19.5 Å². The van der Waals surface area contributed by atoms with Crippen molar-refractivity contribution in [1.82, 2.24) is 14.5 Å². The topological polar surface area (TPSA) is 47.8 Å². The molecule has 0 aliphatic heterocycles. The molecule has 0 atom stereocenters. The summed E-state index contributed by atoms with van der Waals surface area (Å²) in [5, 5.41) is -0.113. The van der Waals surface area contributed by atoms with Gasteiger partial charge >= 0.3 is 6.18 Å². The molecule has 4 nitrogen and oxygen atoms in total. The van der Waals surface area contributed by atoms with Gasteiger partial charge in [-0.2, -0.15) is 13.2 Å². The van der Waals surface area contributed by atoms with E-state index < -0.39 is 22.7 Å². The molecule has 0 aliphatic rings. The summed E-state index contributed by atoms with van der Waals surface area (Å²) in [6.07, 6.45) is -4.43. The Balaban J connectivity index is 2.10. The normalized spacial score (nSPS) is 11.8. The van der Waals surface area contributed by atoms with Crippen LogP contribution in [0.1, 0.15) is 18.3 Å². The predicted octanol–water partition coefficient (Wildman–Crippen LogP) is 5.68. The number of hydrogen-bond donors (Lipinski definition) is 0. The Kier molecular flexibility index (Phi) is 5.07. The Morgan fingerprint density at radius 1 is 1.00 bits per heavy atom. The van der Waals surface area contributed by atoms with Gasteiger partial charge in [0.05, 0.1) is 22.3 Å². The molecule has 0 amide bonds. The van der Waals surface area contributed by atoms with E-state index in [1.807, 2.05) is 0 Å². The maximum absolute atomic E-state index is 13.9. The molecule has 152 valence electrons. The van der Waals surface area contributed by atoms with Gasteiger partial charge in [-0.05, 0) is 30.3 Å². The van der Waals surface area contributed by atoms with E-state index in [2.05, 4.69) is 9.97 Å². The second kappa shape index (κ2) is 7.57. The molecule has 0 saturated heterocycles. The van der Waals surface area contributed by atoms with E-state index in [9.17, 15) is 18.0 Å². The van der Waals surface area contributed by atoms with Crippen molar-refractivity contribution in [3.05, 3.63) is 87.4 Å². The third kappa shape index (κ3) is 3.57. The molecule has 0 saturated carbocycles. The summed E-state index contributed by atoms with van der Waals surface area (Å²) in [6, 6.07) is 15.6. The molecule has 30 heavy (non-hydrogen) atoms. The maximum atomic E-state index is 13.9. The van der Waals surface area contributed by atoms with E-state index in [1.54, 1.807) is 61.5 Å². The molecule has 0 radical (unpaired) electrons.